The monoisotopic (exact) mass is 391 g/mol. The highest BCUT2D eigenvalue weighted by molar-refractivity contribution is 7.17. The molecule has 1 unspecified atom stereocenters. The molecule has 1 aliphatic heterocycles. The van der Waals surface area contributed by atoms with Gasteiger partial charge in [-0.15, -0.1) is 36.2 Å². The van der Waals surface area contributed by atoms with E-state index in [4.69, 9.17) is 4.42 Å². The van der Waals surface area contributed by atoms with Gasteiger partial charge in [-0.05, 0) is 57.8 Å². The molecule has 134 valence electrons. The minimum absolute atomic E-state index is 0. The Morgan fingerprint density at radius 3 is 2.83 bits per heavy atom. The van der Waals surface area contributed by atoms with Crippen LogP contribution in [0.3, 0.4) is 0 Å². The standard InChI is InChI=1S/C16H21N3O2S.2ClH/c1-10-5-6-13(21-10)16-19-11(2)14(22-16)15(20)18-9-12-4-3-7-17-8-12;;/h5-6,12,17H,3-4,7-9H2,1-2H3,(H,18,20);2*1H. The normalized spacial score (nSPS) is 16.8. The van der Waals surface area contributed by atoms with Crippen molar-refractivity contribution in [3.05, 3.63) is 28.5 Å². The summed E-state index contributed by atoms with van der Waals surface area (Å²) in [5, 5.41) is 7.16. The summed E-state index contributed by atoms with van der Waals surface area (Å²) in [6, 6.07) is 3.80. The van der Waals surface area contributed by atoms with Gasteiger partial charge >= 0.3 is 0 Å². The molecule has 3 heterocycles. The molecular weight excluding hydrogens is 369 g/mol. The van der Waals surface area contributed by atoms with Gasteiger partial charge in [0, 0.05) is 6.54 Å². The first kappa shape index (κ1) is 21.0. The van der Waals surface area contributed by atoms with Gasteiger partial charge in [-0.3, -0.25) is 4.79 Å². The van der Waals surface area contributed by atoms with E-state index in [0.29, 0.717) is 10.8 Å². The quantitative estimate of drug-likeness (QED) is 0.835. The summed E-state index contributed by atoms with van der Waals surface area (Å²) in [5.74, 6) is 2.06. The second kappa shape index (κ2) is 9.42. The maximum Gasteiger partial charge on any atom is 0.263 e. The van der Waals surface area contributed by atoms with Crippen molar-refractivity contribution in [3.8, 4) is 10.8 Å². The summed E-state index contributed by atoms with van der Waals surface area (Å²) >= 11 is 1.39. The van der Waals surface area contributed by atoms with Crippen LogP contribution in [0.25, 0.3) is 10.8 Å². The van der Waals surface area contributed by atoms with Gasteiger partial charge in [-0.1, -0.05) is 0 Å². The maximum atomic E-state index is 12.4. The lowest BCUT2D eigenvalue weighted by atomic mass is 10.00. The minimum Gasteiger partial charge on any atom is -0.459 e. The number of hydrogen-bond donors (Lipinski definition) is 2. The van der Waals surface area contributed by atoms with E-state index in [-0.39, 0.29) is 30.7 Å². The van der Waals surface area contributed by atoms with Gasteiger partial charge in [0.05, 0.1) is 5.69 Å². The number of carbonyl (C=O) groups excluding carboxylic acids is 1. The number of aryl methyl sites for hydroxylation is 2. The molecule has 2 aromatic heterocycles. The van der Waals surface area contributed by atoms with E-state index in [2.05, 4.69) is 15.6 Å². The van der Waals surface area contributed by atoms with Crippen LogP contribution in [0.1, 0.15) is 34.0 Å². The Bertz CT molecular complexity index is 666. The average molecular weight is 392 g/mol. The molecule has 0 aliphatic carbocycles. The molecule has 2 N–H and O–H groups in total. The SMILES string of the molecule is Cc1ccc(-c2nc(C)c(C(=O)NCC3CCCNC3)s2)o1.Cl.Cl. The zero-order chi connectivity index (χ0) is 15.5. The van der Waals surface area contributed by atoms with E-state index >= 15 is 0 Å². The van der Waals surface area contributed by atoms with Gasteiger partial charge < -0.3 is 15.1 Å². The fraction of sp³-hybridized carbons (Fsp3) is 0.500. The maximum absolute atomic E-state index is 12.4. The highest BCUT2D eigenvalue weighted by Crippen LogP contribution is 2.29. The van der Waals surface area contributed by atoms with E-state index in [1.807, 2.05) is 26.0 Å². The molecule has 5 nitrogen and oxygen atoms in total. The van der Waals surface area contributed by atoms with Gasteiger partial charge in [-0.2, -0.15) is 0 Å². The molecule has 0 radical (unpaired) electrons. The molecule has 2 aromatic rings. The van der Waals surface area contributed by atoms with Gasteiger partial charge in [0.1, 0.15) is 10.6 Å². The number of furan rings is 1. The van der Waals surface area contributed by atoms with E-state index in [1.54, 1.807) is 0 Å². The number of nitrogens with one attached hydrogen (secondary N) is 2. The Morgan fingerprint density at radius 2 is 2.21 bits per heavy atom. The van der Waals surface area contributed by atoms with Crippen LogP contribution in [0.15, 0.2) is 16.5 Å². The van der Waals surface area contributed by atoms with Gasteiger partial charge in [0.25, 0.3) is 5.91 Å². The Labute approximate surface area is 158 Å². The third-order valence-electron chi connectivity index (χ3n) is 3.90. The van der Waals surface area contributed by atoms with Crippen LogP contribution in [0.4, 0.5) is 0 Å². The first-order valence-corrected chi connectivity index (χ1v) is 8.48. The smallest absolute Gasteiger partial charge is 0.263 e. The van der Waals surface area contributed by atoms with Crippen molar-refractivity contribution in [1.29, 1.82) is 0 Å². The number of piperidine rings is 1. The molecule has 1 amide bonds. The lowest BCUT2D eigenvalue weighted by molar-refractivity contribution is 0.0948. The van der Waals surface area contributed by atoms with E-state index < -0.39 is 0 Å². The molecule has 0 spiro atoms. The van der Waals surface area contributed by atoms with Crippen LogP contribution in [0, 0.1) is 19.8 Å². The Morgan fingerprint density at radius 1 is 1.42 bits per heavy atom. The Kier molecular flexibility index (Phi) is 8.22. The molecule has 24 heavy (non-hydrogen) atoms. The topological polar surface area (TPSA) is 67.2 Å². The van der Waals surface area contributed by atoms with Crippen LogP contribution in [-0.4, -0.2) is 30.5 Å². The number of carbonyl (C=O) groups is 1. The lowest BCUT2D eigenvalue weighted by Crippen LogP contribution is -2.38. The predicted molar refractivity (Wildman–Crippen MR) is 102 cm³/mol. The second-order valence-electron chi connectivity index (χ2n) is 5.77. The van der Waals surface area contributed by atoms with Gasteiger partial charge in [0.15, 0.2) is 10.8 Å². The molecular formula is C16H23Cl2N3O2S. The molecule has 1 saturated heterocycles. The molecule has 0 aromatic carbocycles. The molecule has 0 saturated carbocycles. The molecule has 1 aliphatic rings. The van der Waals surface area contributed by atoms with Crippen molar-refractivity contribution >= 4 is 42.1 Å². The number of thiazole rings is 1. The Hall–Kier alpha value is -1.08. The summed E-state index contributed by atoms with van der Waals surface area (Å²) in [6.07, 6.45) is 2.36. The van der Waals surface area contributed by atoms with Crippen LogP contribution >= 0.6 is 36.2 Å². The molecule has 8 heteroatoms. The number of rotatable bonds is 4. The largest absolute Gasteiger partial charge is 0.459 e. The summed E-state index contributed by atoms with van der Waals surface area (Å²) in [6.45, 7) is 6.56. The van der Waals surface area contributed by atoms with Crippen molar-refractivity contribution in [3.63, 3.8) is 0 Å². The number of aromatic nitrogens is 1. The minimum atomic E-state index is -0.0323. The van der Waals surface area contributed by atoms with Crippen LogP contribution in [-0.2, 0) is 0 Å². The zero-order valence-corrected chi connectivity index (χ0v) is 16.2. The zero-order valence-electron chi connectivity index (χ0n) is 13.8. The molecule has 0 bridgehead atoms. The molecule has 1 fully saturated rings. The van der Waals surface area contributed by atoms with E-state index in [1.165, 1.54) is 24.2 Å². The summed E-state index contributed by atoms with van der Waals surface area (Å²) < 4.78 is 5.58. The van der Waals surface area contributed by atoms with Crippen molar-refractivity contribution in [2.75, 3.05) is 19.6 Å². The number of hydrogen-bond acceptors (Lipinski definition) is 5. The van der Waals surface area contributed by atoms with Crippen LogP contribution in [0.5, 0.6) is 0 Å². The highest BCUT2D eigenvalue weighted by atomic mass is 35.5. The lowest BCUT2D eigenvalue weighted by Gasteiger charge is -2.22. The number of halogens is 2. The summed E-state index contributed by atoms with van der Waals surface area (Å²) in [5.41, 5.74) is 0.758. The third-order valence-corrected chi connectivity index (χ3v) is 5.07. The van der Waals surface area contributed by atoms with Gasteiger partial charge in [-0.25, -0.2) is 4.98 Å². The van der Waals surface area contributed by atoms with Crippen molar-refractivity contribution < 1.29 is 9.21 Å². The first-order chi connectivity index (χ1) is 10.6. The van der Waals surface area contributed by atoms with Crippen LogP contribution in [0.2, 0.25) is 0 Å². The first-order valence-electron chi connectivity index (χ1n) is 7.66. The number of nitrogens with zero attached hydrogens (tertiary/aromatic N) is 1. The predicted octanol–water partition coefficient (Wildman–Crippen LogP) is 3.59. The fourth-order valence-electron chi connectivity index (χ4n) is 2.68. The summed E-state index contributed by atoms with van der Waals surface area (Å²) in [4.78, 5) is 17.5. The fourth-order valence-corrected chi connectivity index (χ4v) is 3.62. The highest BCUT2D eigenvalue weighted by Gasteiger charge is 2.19. The van der Waals surface area contributed by atoms with Gasteiger partial charge in [0.2, 0.25) is 0 Å². The third kappa shape index (κ3) is 4.96. The van der Waals surface area contributed by atoms with Crippen molar-refractivity contribution in [1.82, 2.24) is 15.6 Å². The van der Waals surface area contributed by atoms with E-state index in [0.717, 1.165) is 41.9 Å². The summed E-state index contributed by atoms with van der Waals surface area (Å²) in [7, 11) is 0. The van der Waals surface area contributed by atoms with Crippen molar-refractivity contribution in [2.24, 2.45) is 5.92 Å². The average Bonchev–Trinajstić information content (AvgIpc) is 3.12. The number of amides is 1. The molecule has 1 atom stereocenters. The second-order valence-corrected chi connectivity index (χ2v) is 6.77. The Balaban J connectivity index is 0.00000144. The molecule has 3 rings (SSSR count). The van der Waals surface area contributed by atoms with Crippen LogP contribution < -0.4 is 10.6 Å². The van der Waals surface area contributed by atoms with Crippen molar-refractivity contribution in [2.45, 2.75) is 26.7 Å². The van der Waals surface area contributed by atoms with E-state index in [9.17, 15) is 4.79 Å².